The van der Waals surface area contributed by atoms with Crippen molar-refractivity contribution in [2.75, 3.05) is 40.1 Å². The number of imide groups is 1. The van der Waals surface area contributed by atoms with Crippen LogP contribution in [-0.4, -0.2) is 71.3 Å². The zero-order valence-corrected chi connectivity index (χ0v) is 32.5. The average Bonchev–Trinajstić information content (AvgIpc) is 3.31. The number of alkyl halides is 3. The van der Waals surface area contributed by atoms with E-state index in [2.05, 4.69) is 16.0 Å². The fourth-order valence-electron chi connectivity index (χ4n) is 7.28. The molecule has 0 bridgehead atoms. The molecule has 3 aliphatic heterocycles. The molecule has 0 aromatic heterocycles. The van der Waals surface area contributed by atoms with Crippen molar-refractivity contribution in [3.63, 3.8) is 0 Å². The summed E-state index contributed by atoms with van der Waals surface area (Å²) in [6, 6.07) is 14.6. The maximum Gasteiger partial charge on any atom is 0.417 e. The van der Waals surface area contributed by atoms with Gasteiger partial charge in [0.2, 0.25) is 17.7 Å². The average molecular weight is 812 g/mol. The summed E-state index contributed by atoms with van der Waals surface area (Å²) in [6.45, 7) is 6.72. The van der Waals surface area contributed by atoms with Crippen molar-refractivity contribution >= 4 is 70.6 Å². The largest absolute Gasteiger partial charge is 0.490 e. The van der Waals surface area contributed by atoms with E-state index in [1.54, 1.807) is 49.1 Å². The van der Waals surface area contributed by atoms with Crippen LogP contribution in [-0.2, 0) is 31.8 Å². The number of aryl methyl sites for hydroxylation is 1. The second-order valence-electron chi connectivity index (χ2n) is 14.5. The second-order valence-corrected chi connectivity index (χ2v) is 15.4. The summed E-state index contributed by atoms with van der Waals surface area (Å²) in [5.41, 5.74) is -1.28. The van der Waals surface area contributed by atoms with Crippen molar-refractivity contribution in [3.8, 4) is 11.8 Å². The SMILES string of the molecule is CCc1cc(N2C(S)N(c3ccc(C#N)c(C(F)(F)F)c3)C(=O)C2(C)C)ccc1OC1CCN(CC(=O)Nc2cc(Cl)cc(NC3CCC(=O)NC3=O)c2)CC1. The number of nitrogens with one attached hydrogen (secondary N) is 3. The first-order valence-corrected chi connectivity index (χ1v) is 19.0. The van der Waals surface area contributed by atoms with Crippen LogP contribution in [0, 0.1) is 11.3 Å². The van der Waals surface area contributed by atoms with Gasteiger partial charge in [0.1, 0.15) is 23.4 Å². The second kappa shape index (κ2) is 16.2. The number of halogens is 4. The Morgan fingerprint density at radius 1 is 1.04 bits per heavy atom. The van der Waals surface area contributed by atoms with Gasteiger partial charge in [-0.1, -0.05) is 18.5 Å². The molecule has 2 unspecified atom stereocenters. The van der Waals surface area contributed by atoms with Crippen molar-refractivity contribution in [2.45, 2.75) is 82.2 Å². The third-order valence-corrected chi connectivity index (χ3v) is 10.9. The lowest BCUT2D eigenvalue weighted by Gasteiger charge is -2.34. The topological polar surface area (TPSA) is 147 Å². The molecule has 6 rings (SSSR count). The van der Waals surface area contributed by atoms with E-state index < -0.39 is 46.2 Å². The number of carbonyl (C=O) groups is 4. The maximum absolute atomic E-state index is 13.8. The Morgan fingerprint density at radius 2 is 1.73 bits per heavy atom. The van der Waals surface area contributed by atoms with Crippen LogP contribution in [0.25, 0.3) is 0 Å². The van der Waals surface area contributed by atoms with Crippen molar-refractivity contribution in [1.29, 1.82) is 5.26 Å². The minimum absolute atomic E-state index is 0.0191. The van der Waals surface area contributed by atoms with Crippen molar-refractivity contribution < 1.29 is 37.1 Å². The van der Waals surface area contributed by atoms with E-state index in [0.717, 1.165) is 17.7 Å². The molecule has 0 spiro atoms. The van der Waals surface area contributed by atoms with E-state index in [0.29, 0.717) is 66.6 Å². The summed E-state index contributed by atoms with van der Waals surface area (Å²) >= 11 is 11.0. The third kappa shape index (κ3) is 8.69. The number of nitrogens with zero attached hydrogens (tertiary/aromatic N) is 4. The molecule has 3 aromatic rings. The summed E-state index contributed by atoms with van der Waals surface area (Å²) in [5, 5.41) is 17.9. The Bertz CT molecular complexity index is 2090. The summed E-state index contributed by atoms with van der Waals surface area (Å²) in [4.78, 5) is 55.4. The zero-order chi connectivity index (χ0) is 40.5. The van der Waals surface area contributed by atoms with E-state index in [9.17, 15) is 37.6 Å². The van der Waals surface area contributed by atoms with Gasteiger partial charge in [0, 0.05) is 47.3 Å². The first-order chi connectivity index (χ1) is 26.5. The Hall–Kier alpha value is -4.98. The first-order valence-electron chi connectivity index (χ1n) is 18.1. The van der Waals surface area contributed by atoms with Crippen LogP contribution >= 0.6 is 24.2 Å². The zero-order valence-electron chi connectivity index (χ0n) is 30.9. The van der Waals surface area contributed by atoms with Gasteiger partial charge in [-0.3, -0.25) is 34.3 Å². The predicted molar refractivity (Wildman–Crippen MR) is 209 cm³/mol. The van der Waals surface area contributed by atoms with Crippen LogP contribution in [0.1, 0.15) is 63.1 Å². The van der Waals surface area contributed by atoms with Gasteiger partial charge in [0.15, 0.2) is 5.50 Å². The normalized spacial score (nSPS) is 20.4. The van der Waals surface area contributed by atoms with E-state index in [-0.39, 0.29) is 36.6 Å². The number of rotatable bonds is 10. The van der Waals surface area contributed by atoms with Crippen LogP contribution in [0.2, 0.25) is 5.02 Å². The van der Waals surface area contributed by atoms with Gasteiger partial charge < -0.3 is 20.3 Å². The molecule has 3 aliphatic rings. The molecule has 0 radical (unpaired) electrons. The molecule has 0 saturated carbocycles. The van der Waals surface area contributed by atoms with E-state index >= 15 is 0 Å². The standard InChI is InChI=1S/C39H41ClF3N7O5S/c1-4-22-15-28(50-37(56)49(36(54)38(50,2)3)27-6-5-23(20-44)30(19-27)39(41,42)43)7-9-32(22)55-29-11-13-48(14-12-29)21-34(52)46-26-17-24(40)16-25(18-26)45-31-8-10-33(51)47-35(31)53/h5-7,9,15-19,29,31,37,45,56H,4,8,10-14,21H2,1-3H3,(H,46,52)(H,47,51,53). The predicted octanol–water partition coefficient (Wildman–Crippen LogP) is 6.34. The minimum Gasteiger partial charge on any atom is -0.490 e. The maximum atomic E-state index is 13.8. The molecule has 3 saturated heterocycles. The number of likely N-dealkylation sites (tertiary alicyclic amines) is 1. The number of amides is 4. The highest BCUT2D eigenvalue weighted by atomic mass is 35.5. The number of benzene rings is 3. The van der Waals surface area contributed by atoms with Gasteiger partial charge in [0.05, 0.1) is 23.7 Å². The van der Waals surface area contributed by atoms with Gasteiger partial charge >= 0.3 is 6.18 Å². The van der Waals surface area contributed by atoms with Gasteiger partial charge in [-0.05, 0) is 99.7 Å². The highest BCUT2D eigenvalue weighted by molar-refractivity contribution is 7.81. The summed E-state index contributed by atoms with van der Waals surface area (Å²) in [5.74, 6) is -0.735. The Balaban J connectivity index is 1.06. The molecule has 3 fully saturated rings. The Kier molecular flexibility index (Phi) is 11.8. The van der Waals surface area contributed by atoms with E-state index in [1.807, 2.05) is 24.0 Å². The lowest BCUT2D eigenvalue weighted by molar-refractivity contribution is -0.138. The number of piperidine rings is 2. The number of carbonyl (C=O) groups excluding carboxylic acids is 4. The van der Waals surface area contributed by atoms with Crippen LogP contribution in [0.4, 0.5) is 35.9 Å². The van der Waals surface area contributed by atoms with Crippen LogP contribution in [0.15, 0.2) is 54.6 Å². The fraction of sp³-hybridized carbons (Fsp3) is 0.410. The Labute approximate surface area is 332 Å². The monoisotopic (exact) mass is 811 g/mol. The molecule has 2 atom stereocenters. The number of ether oxygens (including phenoxy) is 1. The molecule has 3 heterocycles. The molecule has 0 aliphatic carbocycles. The first kappa shape index (κ1) is 40.7. The van der Waals surface area contributed by atoms with Gasteiger partial charge in [-0.25, -0.2) is 0 Å². The number of hydrogen-bond donors (Lipinski definition) is 4. The lowest BCUT2D eigenvalue weighted by Crippen LogP contribution is -2.47. The summed E-state index contributed by atoms with van der Waals surface area (Å²) in [7, 11) is 0. The molecule has 4 amide bonds. The number of hydrogen-bond acceptors (Lipinski definition) is 10. The quantitative estimate of drug-likeness (QED) is 0.136. The molecule has 296 valence electrons. The molecular weight excluding hydrogens is 771 g/mol. The lowest BCUT2D eigenvalue weighted by atomic mass is 10.0. The van der Waals surface area contributed by atoms with Crippen LogP contribution in [0.5, 0.6) is 5.75 Å². The molecule has 3 N–H and O–H groups in total. The fourth-order valence-corrected chi connectivity index (χ4v) is 8.18. The van der Waals surface area contributed by atoms with E-state index in [4.69, 9.17) is 29.0 Å². The molecule has 56 heavy (non-hydrogen) atoms. The number of anilines is 4. The van der Waals surface area contributed by atoms with Crippen LogP contribution < -0.4 is 30.5 Å². The summed E-state index contributed by atoms with van der Waals surface area (Å²) in [6.07, 6.45) is -2.39. The number of thiol groups is 1. The molecule has 17 heteroatoms. The van der Waals surface area contributed by atoms with Crippen molar-refractivity contribution in [1.82, 2.24) is 10.2 Å². The highest BCUT2D eigenvalue weighted by Crippen LogP contribution is 2.43. The van der Waals surface area contributed by atoms with Crippen molar-refractivity contribution in [3.05, 3.63) is 76.3 Å². The van der Waals surface area contributed by atoms with Gasteiger partial charge in [-0.15, -0.1) is 12.6 Å². The molecular formula is C39H41ClF3N7O5S. The minimum atomic E-state index is -4.79. The third-order valence-electron chi connectivity index (χ3n) is 10.2. The smallest absolute Gasteiger partial charge is 0.417 e. The van der Waals surface area contributed by atoms with E-state index in [1.165, 1.54) is 11.0 Å². The molecule has 3 aromatic carbocycles. The van der Waals surface area contributed by atoms with Gasteiger partial charge in [-0.2, -0.15) is 18.4 Å². The highest BCUT2D eigenvalue weighted by Gasteiger charge is 2.52. The van der Waals surface area contributed by atoms with Gasteiger partial charge in [0.25, 0.3) is 5.91 Å². The van der Waals surface area contributed by atoms with Crippen molar-refractivity contribution in [2.24, 2.45) is 0 Å². The Morgan fingerprint density at radius 3 is 2.39 bits per heavy atom. The number of nitriles is 1. The molecule has 12 nitrogen and oxygen atoms in total. The van der Waals surface area contributed by atoms with Crippen LogP contribution in [0.3, 0.4) is 0 Å². The summed E-state index contributed by atoms with van der Waals surface area (Å²) < 4.78 is 47.8.